The van der Waals surface area contributed by atoms with Crippen molar-refractivity contribution >= 4 is 17.9 Å². The van der Waals surface area contributed by atoms with Crippen LogP contribution in [-0.2, 0) is 28.6 Å². The van der Waals surface area contributed by atoms with Gasteiger partial charge in [-0.2, -0.15) is 0 Å². The predicted octanol–water partition coefficient (Wildman–Crippen LogP) is 14.4. The van der Waals surface area contributed by atoms with E-state index in [9.17, 15) is 14.4 Å². The highest BCUT2D eigenvalue weighted by Gasteiger charge is 2.19. The molecule has 0 N–H and O–H groups in total. The van der Waals surface area contributed by atoms with Crippen molar-refractivity contribution in [2.75, 3.05) is 13.2 Å². The highest BCUT2D eigenvalue weighted by atomic mass is 16.6. The van der Waals surface area contributed by atoms with E-state index in [1.54, 1.807) is 0 Å². The molecular formula is C47H86O6. The summed E-state index contributed by atoms with van der Waals surface area (Å²) >= 11 is 0. The molecule has 6 nitrogen and oxygen atoms in total. The molecule has 6 heteroatoms. The minimum atomic E-state index is -0.780. The maximum atomic E-state index is 12.6. The molecule has 0 aromatic heterocycles. The summed E-state index contributed by atoms with van der Waals surface area (Å²) in [6.45, 7) is 6.53. The summed E-state index contributed by atoms with van der Waals surface area (Å²) in [5, 5.41) is 0. The van der Waals surface area contributed by atoms with Crippen LogP contribution >= 0.6 is 0 Å². The van der Waals surface area contributed by atoms with Gasteiger partial charge in [-0.05, 0) is 57.8 Å². The van der Waals surface area contributed by atoms with E-state index >= 15 is 0 Å². The lowest BCUT2D eigenvalue weighted by atomic mass is 10.0. The van der Waals surface area contributed by atoms with Crippen LogP contribution in [0.1, 0.15) is 239 Å². The third kappa shape index (κ3) is 40.9. The van der Waals surface area contributed by atoms with Crippen molar-refractivity contribution in [1.82, 2.24) is 0 Å². The summed E-state index contributed by atoms with van der Waals surface area (Å²) in [6.07, 6.45) is 46.0. The first kappa shape index (κ1) is 50.9. The molecule has 0 aromatic carbocycles. The topological polar surface area (TPSA) is 78.9 Å². The normalized spacial score (nSPS) is 12.1. The minimum Gasteiger partial charge on any atom is -0.462 e. The standard InChI is InChI=1S/C47H86O6/c1-4-7-10-13-16-19-21-22-23-24-25-26-29-31-34-37-40-46(49)52-43-44(42-51-45(48)39-36-33-30-27-18-15-12-9-6-3)53-47(50)41-38-35-32-28-20-17-14-11-8-5-2/h14,17,27,30,44H,4-13,15-16,18-26,28-29,31-43H2,1-3H3/b17-14-,30-27-. The fourth-order valence-electron chi connectivity index (χ4n) is 6.43. The first-order valence-corrected chi connectivity index (χ1v) is 22.8. The molecule has 53 heavy (non-hydrogen) atoms. The number of carbonyl (C=O) groups excluding carboxylic acids is 3. The SMILES string of the molecule is CCCC/C=C\CCCCCCC(=O)OC(COC(=O)CCC/C=C\CCCCCC)COC(=O)CCCCCCCCCCCCCCCCCC. The lowest BCUT2D eigenvalue weighted by Gasteiger charge is -2.18. The van der Waals surface area contributed by atoms with Crippen molar-refractivity contribution in [3.8, 4) is 0 Å². The lowest BCUT2D eigenvalue weighted by molar-refractivity contribution is -0.167. The molecule has 0 aromatic rings. The number of esters is 3. The zero-order valence-electron chi connectivity index (χ0n) is 35.3. The monoisotopic (exact) mass is 747 g/mol. The molecule has 0 heterocycles. The van der Waals surface area contributed by atoms with Crippen LogP contribution in [0.5, 0.6) is 0 Å². The maximum Gasteiger partial charge on any atom is 0.306 e. The molecule has 0 radical (unpaired) electrons. The van der Waals surface area contributed by atoms with Crippen LogP contribution in [0.25, 0.3) is 0 Å². The Bertz CT molecular complexity index is 865. The van der Waals surface area contributed by atoms with Gasteiger partial charge in [0.1, 0.15) is 13.2 Å². The van der Waals surface area contributed by atoms with Gasteiger partial charge in [0.25, 0.3) is 0 Å². The Morgan fingerprint density at radius 2 is 0.660 bits per heavy atom. The molecule has 0 amide bonds. The van der Waals surface area contributed by atoms with Gasteiger partial charge in [-0.25, -0.2) is 0 Å². The van der Waals surface area contributed by atoms with Gasteiger partial charge in [0.15, 0.2) is 6.10 Å². The molecule has 0 bridgehead atoms. The van der Waals surface area contributed by atoms with Gasteiger partial charge in [0.2, 0.25) is 0 Å². The van der Waals surface area contributed by atoms with Crippen molar-refractivity contribution in [2.45, 2.75) is 245 Å². The van der Waals surface area contributed by atoms with Crippen LogP contribution in [0, 0.1) is 0 Å². The zero-order chi connectivity index (χ0) is 38.7. The summed E-state index contributed by atoms with van der Waals surface area (Å²) < 4.78 is 16.6. The summed E-state index contributed by atoms with van der Waals surface area (Å²) in [6, 6.07) is 0. The summed E-state index contributed by atoms with van der Waals surface area (Å²) in [7, 11) is 0. The van der Waals surface area contributed by atoms with Gasteiger partial charge < -0.3 is 14.2 Å². The van der Waals surface area contributed by atoms with Gasteiger partial charge >= 0.3 is 17.9 Å². The van der Waals surface area contributed by atoms with E-state index in [0.717, 1.165) is 77.0 Å². The average Bonchev–Trinajstić information content (AvgIpc) is 3.15. The number of hydrogen-bond acceptors (Lipinski definition) is 6. The smallest absolute Gasteiger partial charge is 0.306 e. The van der Waals surface area contributed by atoms with E-state index in [-0.39, 0.29) is 31.1 Å². The van der Waals surface area contributed by atoms with Crippen molar-refractivity contribution in [1.29, 1.82) is 0 Å². The fourth-order valence-corrected chi connectivity index (χ4v) is 6.43. The molecule has 0 saturated carbocycles. The Hall–Kier alpha value is -2.11. The lowest BCUT2D eigenvalue weighted by Crippen LogP contribution is -2.30. The van der Waals surface area contributed by atoms with E-state index in [1.165, 1.54) is 122 Å². The quantitative estimate of drug-likeness (QED) is 0.0268. The summed E-state index contributed by atoms with van der Waals surface area (Å²) in [5.74, 6) is -0.929. The van der Waals surface area contributed by atoms with Crippen LogP contribution in [-0.4, -0.2) is 37.2 Å². The second-order valence-electron chi connectivity index (χ2n) is 15.3. The van der Waals surface area contributed by atoms with Gasteiger partial charge in [-0.15, -0.1) is 0 Å². The van der Waals surface area contributed by atoms with Crippen LogP contribution < -0.4 is 0 Å². The predicted molar refractivity (Wildman–Crippen MR) is 224 cm³/mol. The second-order valence-corrected chi connectivity index (χ2v) is 15.3. The highest BCUT2D eigenvalue weighted by Crippen LogP contribution is 2.15. The Morgan fingerprint density at radius 3 is 1.09 bits per heavy atom. The van der Waals surface area contributed by atoms with Gasteiger partial charge in [-0.3, -0.25) is 14.4 Å². The summed E-state index contributed by atoms with van der Waals surface area (Å²) in [5.41, 5.74) is 0. The number of allylic oxidation sites excluding steroid dienone is 4. The Balaban J connectivity index is 4.30. The average molecular weight is 747 g/mol. The van der Waals surface area contributed by atoms with E-state index in [1.807, 2.05) is 0 Å². The molecule has 310 valence electrons. The van der Waals surface area contributed by atoms with Crippen molar-refractivity contribution in [3.63, 3.8) is 0 Å². The molecule has 0 saturated heterocycles. The highest BCUT2D eigenvalue weighted by molar-refractivity contribution is 5.71. The Morgan fingerprint density at radius 1 is 0.358 bits per heavy atom. The largest absolute Gasteiger partial charge is 0.462 e. The van der Waals surface area contributed by atoms with E-state index in [0.29, 0.717) is 19.3 Å². The molecule has 0 aliphatic rings. The molecule has 0 spiro atoms. The number of rotatable bonds is 41. The van der Waals surface area contributed by atoms with Gasteiger partial charge in [0, 0.05) is 19.3 Å². The van der Waals surface area contributed by atoms with Crippen molar-refractivity contribution in [2.24, 2.45) is 0 Å². The Kier molecular flexibility index (Phi) is 40.9. The van der Waals surface area contributed by atoms with E-state index < -0.39 is 6.10 Å². The molecule has 0 fully saturated rings. The number of hydrogen-bond donors (Lipinski definition) is 0. The van der Waals surface area contributed by atoms with Gasteiger partial charge in [0.05, 0.1) is 0 Å². The van der Waals surface area contributed by atoms with Crippen molar-refractivity contribution in [3.05, 3.63) is 24.3 Å². The zero-order valence-corrected chi connectivity index (χ0v) is 35.3. The molecule has 1 unspecified atom stereocenters. The van der Waals surface area contributed by atoms with Crippen LogP contribution in [0.4, 0.5) is 0 Å². The fraction of sp³-hybridized carbons (Fsp3) is 0.851. The summed E-state index contributed by atoms with van der Waals surface area (Å²) in [4.78, 5) is 37.6. The molecule has 1 atom stereocenters. The molecule has 0 aliphatic carbocycles. The van der Waals surface area contributed by atoms with E-state index in [2.05, 4.69) is 45.1 Å². The third-order valence-corrected chi connectivity index (χ3v) is 9.93. The maximum absolute atomic E-state index is 12.6. The van der Waals surface area contributed by atoms with Gasteiger partial charge in [-0.1, -0.05) is 186 Å². The molecule has 0 aliphatic heterocycles. The van der Waals surface area contributed by atoms with Crippen LogP contribution in [0.15, 0.2) is 24.3 Å². The number of carbonyl (C=O) groups is 3. The van der Waals surface area contributed by atoms with Crippen LogP contribution in [0.3, 0.4) is 0 Å². The molecular weight excluding hydrogens is 661 g/mol. The first-order chi connectivity index (χ1) is 26.0. The van der Waals surface area contributed by atoms with Crippen LogP contribution in [0.2, 0.25) is 0 Å². The Labute approximate surface area is 328 Å². The van der Waals surface area contributed by atoms with E-state index in [4.69, 9.17) is 14.2 Å². The number of unbranched alkanes of at least 4 members (excludes halogenated alkanes) is 26. The second kappa shape index (κ2) is 42.6. The first-order valence-electron chi connectivity index (χ1n) is 22.8. The minimum absolute atomic E-state index is 0.0815. The number of ether oxygens (including phenoxy) is 3. The molecule has 0 rings (SSSR count). The third-order valence-electron chi connectivity index (χ3n) is 9.93. The van der Waals surface area contributed by atoms with Crippen molar-refractivity contribution < 1.29 is 28.6 Å².